The summed E-state index contributed by atoms with van der Waals surface area (Å²) in [5, 5.41) is 18.3. The number of halogens is 1. The molecule has 0 radical (unpaired) electrons. The van der Waals surface area contributed by atoms with Crippen molar-refractivity contribution in [2.75, 3.05) is 0 Å². The van der Waals surface area contributed by atoms with Gasteiger partial charge in [0, 0.05) is 16.5 Å². The van der Waals surface area contributed by atoms with Crippen molar-refractivity contribution < 1.29 is 9.90 Å². The third kappa shape index (κ3) is 3.55. The SMILES string of the molecule is Cc1ccc([C@@H]2CC(c3cc(Br)ccc3O)=NN2C(=O)c2cccs2)cc1. The summed E-state index contributed by atoms with van der Waals surface area (Å²) >= 11 is 4.84. The number of nitrogens with zero attached hydrogens (tertiary/aromatic N) is 2. The number of aromatic hydroxyl groups is 1. The van der Waals surface area contributed by atoms with Crippen LogP contribution in [0.2, 0.25) is 0 Å². The van der Waals surface area contributed by atoms with E-state index >= 15 is 0 Å². The lowest BCUT2D eigenvalue weighted by Gasteiger charge is -2.21. The third-order valence-electron chi connectivity index (χ3n) is 4.58. The van der Waals surface area contributed by atoms with Gasteiger partial charge in [-0.25, -0.2) is 5.01 Å². The van der Waals surface area contributed by atoms with Gasteiger partial charge in [-0.05, 0) is 42.1 Å². The Kier molecular flexibility index (Phi) is 4.85. The van der Waals surface area contributed by atoms with E-state index in [0.29, 0.717) is 22.6 Å². The standard InChI is InChI=1S/C21H17BrN2O2S/c1-13-4-6-14(7-5-13)18-12-17(16-11-15(22)8-9-19(16)25)23-24(18)21(26)20-3-2-10-27-20/h2-11,18,25H,12H2,1H3/t18-/m0/s1. The van der Waals surface area contributed by atoms with Gasteiger partial charge < -0.3 is 5.11 Å². The second-order valence-electron chi connectivity index (χ2n) is 6.47. The van der Waals surface area contributed by atoms with Gasteiger partial charge in [0.1, 0.15) is 5.75 Å². The molecule has 2 heterocycles. The molecule has 1 atom stereocenters. The maximum absolute atomic E-state index is 13.0. The van der Waals surface area contributed by atoms with Crippen molar-refractivity contribution in [1.29, 1.82) is 0 Å². The molecule has 2 aromatic carbocycles. The first-order valence-corrected chi connectivity index (χ1v) is 10.2. The molecule has 0 fully saturated rings. The molecule has 3 aromatic rings. The van der Waals surface area contributed by atoms with Gasteiger partial charge in [-0.1, -0.05) is 51.8 Å². The van der Waals surface area contributed by atoms with Gasteiger partial charge in [0.25, 0.3) is 5.91 Å². The maximum atomic E-state index is 13.0. The highest BCUT2D eigenvalue weighted by atomic mass is 79.9. The minimum atomic E-state index is -0.200. The highest BCUT2D eigenvalue weighted by Gasteiger charge is 2.34. The number of thiophene rings is 1. The Labute approximate surface area is 169 Å². The van der Waals surface area contributed by atoms with Crippen LogP contribution in [0.3, 0.4) is 0 Å². The molecule has 4 rings (SSSR count). The number of carbonyl (C=O) groups excluding carboxylic acids is 1. The molecule has 4 nitrogen and oxygen atoms in total. The van der Waals surface area contributed by atoms with Crippen molar-refractivity contribution in [3.63, 3.8) is 0 Å². The molecule has 0 unspecified atom stereocenters. The van der Waals surface area contributed by atoms with Crippen LogP contribution in [-0.4, -0.2) is 21.7 Å². The van der Waals surface area contributed by atoms with E-state index in [9.17, 15) is 9.90 Å². The minimum absolute atomic E-state index is 0.125. The molecule has 1 aliphatic rings. The zero-order chi connectivity index (χ0) is 19.0. The van der Waals surface area contributed by atoms with Crippen LogP contribution in [0.1, 0.15) is 38.8 Å². The zero-order valence-corrected chi connectivity index (χ0v) is 17.0. The molecule has 6 heteroatoms. The van der Waals surface area contributed by atoms with Gasteiger partial charge in [0.15, 0.2) is 0 Å². The van der Waals surface area contributed by atoms with Gasteiger partial charge in [0.2, 0.25) is 0 Å². The number of carbonyl (C=O) groups is 1. The lowest BCUT2D eigenvalue weighted by Crippen LogP contribution is -2.26. The number of hydrogen-bond acceptors (Lipinski definition) is 4. The Morgan fingerprint density at radius 2 is 2.00 bits per heavy atom. The molecule has 0 saturated carbocycles. The van der Waals surface area contributed by atoms with Crippen molar-refractivity contribution in [3.8, 4) is 5.75 Å². The fourth-order valence-electron chi connectivity index (χ4n) is 3.16. The van der Waals surface area contributed by atoms with Crippen molar-refractivity contribution in [3.05, 3.63) is 86.0 Å². The highest BCUT2D eigenvalue weighted by Crippen LogP contribution is 2.37. The van der Waals surface area contributed by atoms with Crippen LogP contribution in [-0.2, 0) is 0 Å². The van der Waals surface area contributed by atoms with Gasteiger partial charge in [-0.3, -0.25) is 4.79 Å². The quantitative estimate of drug-likeness (QED) is 0.582. The first-order valence-electron chi connectivity index (χ1n) is 8.53. The van der Waals surface area contributed by atoms with Crippen molar-refractivity contribution in [2.45, 2.75) is 19.4 Å². The first-order chi connectivity index (χ1) is 13.0. The highest BCUT2D eigenvalue weighted by molar-refractivity contribution is 9.10. The van der Waals surface area contributed by atoms with E-state index in [1.54, 1.807) is 17.1 Å². The van der Waals surface area contributed by atoms with E-state index in [4.69, 9.17) is 0 Å². The number of aryl methyl sites for hydroxylation is 1. The summed E-state index contributed by atoms with van der Waals surface area (Å²) in [6, 6.07) is 16.9. The van der Waals surface area contributed by atoms with Crippen molar-refractivity contribution in [2.24, 2.45) is 5.10 Å². The molecule has 0 aliphatic carbocycles. The van der Waals surface area contributed by atoms with Crippen molar-refractivity contribution >= 4 is 38.9 Å². The Bertz CT molecular complexity index is 1010. The smallest absolute Gasteiger partial charge is 0.284 e. The normalized spacial score (nSPS) is 16.4. The van der Waals surface area contributed by atoms with Crippen LogP contribution in [0.5, 0.6) is 5.75 Å². The molecule has 1 amide bonds. The molecule has 0 saturated heterocycles. The molecule has 1 N–H and O–H groups in total. The topological polar surface area (TPSA) is 52.9 Å². The van der Waals surface area contributed by atoms with Crippen LogP contribution < -0.4 is 0 Å². The zero-order valence-electron chi connectivity index (χ0n) is 14.6. The summed E-state index contributed by atoms with van der Waals surface area (Å²) in [5.74, 6) is 0.0325. The molecule has 1 aliphatic heterocycles. The molecule has 136 valence electrons. The summed E-state index contributed by atoms with van der Waals surface area (Å²) in [7, 11) is 0. The van der Waals surface area contributed by atoms with Gasteiger partial charge in [-0.2, -0.15) is 5.10 Å². The Morgan fingerprint density at radius 3 is 2.70 bits per heavy atom. The maximum Gasteiger partial charge on any atom is 0.284 e. The molecule has 0 spiro atoms. The number of hydrogen-bond donors (Lipinski definition) is 1. The summed E-state index contributed by atoms with van der Waals surface area (Å²) in [6.45, 7) is 2.04. The summed E-state index contributed by atoms with van der Waals surface area (Å²) in [5.41, 5.74) is 3.53. The summed E-state index contributed by atoms with van der Waals surface area (Å²) < 4.78 is 0.855. The molecule has 27 heavy (non-hydrogen) atoms. The van der Waals surface area contributed by atoms with E-state index in [-0.39, 0.29) is 17.7 Å². The van der Waals surface area contributed by atoms with Gasteiger partial charge >= 0.3 is 0 Å². The summed E-state index contributed by atoms with van der Waals surface area (Å²) in [4.78, 5) is 13.7. The second-order valence-corrected chi connectivity index (χ2v) is 8.33. The Balaban J connectivity index is 1.76. The number of rotatable bonds is 3. The number of phenolic OH excluding ortho intramolecular Hbond substituents is 1. The third-order valence-corrected chi connectivity index (χ3v) is 5.93. The van der Waals surface area contributed by atoms with Gasteiger partial charge in [0.05, 0.1) is 16.6 Å². The second kappa shape index (κ2) is 7.29. The van der Waals surface area contributed by atoms with E-state index in [2.05, 4.69) is 21.0 Å². The molecule has 1 aromatic heterocycles. The average molecular weight is 441 g/mol. The van der Waals surface area contributed by atoms with Crippen molar-refractivity contribution in [1.82, 2.24) is 5.01 Å². The molecular weight excluding hydrogens is 424 g/mol. The van der Waals surface area contributed by atoms with E-state index in [1.807, 2.05) is 54.8 Å². The molecule has 0 bridgehead atoms. The Morgan fingerprint density at radius 1 is 1.22 bits per heavy atom. The van der Waals surface area contributed by atoms with E-state index < -0.39 is 0 Å². The fourth-order valence-corrected chi connectivity index (χ4v) is 4.18. The van der Waals surface area contributed by atoms with E-state index in [0.717, 1.165) is 10.0 Å². The molecular formula is C21H17BrN2O2S. The van der Waals surface area contributed by atoms with Gasteiger partial charge in [-0.15, -0.1) is 11.3 Å². The lowest BCUT2D eigenvalue weighted by atomic mass is 9.97. The van der Waals surface area contributed by atoms with Crippen LogP contribution >= 0.6 is 27.3 Å². The number of amides is 1. The van der Waals surface area contributed by atoms with Crippen LogP contribution in [0.4, 0.5) is 0 Å². The minimum Gasteiger partial charge on any atom is -0.507 e. The number of phenols is 1. The predicted octanol–water partition coefficient (Wildman–Crippen LogP) is 5.52. The average Bonchev–Trinajstić information content (AvgIpc) is 3.34. The summed E-state index contributed by atoms with van der Waals surface area (Å²) in [6.07, 6.45) is 0.546. The lowest BCUT2D eigenvalue weighted by molar-refractivity contribution is 0.0716. The Hall–Kier alpha value is -2.44. The van der Waals surface area contributed by atoms with Crippen LogP contribution in [0.25, 0.3) is 0 Å². The number of hydrazone groups is 1. The van der Waals surface area contributed by atoms with Crippen LogP contribution in [0.15, 0.2) is 69.6 Å². The number of benzene rings is 2. The predicted molar refractivity (Wildman–Crippen MR) is 111 cm³/mol. The first kappa shape index (κ1) is 17.9. The van der Waals surface area contributed by atoms with Crippen LogP contribution in [0, 0.1) is 6.92 Å². The van der Waals surface area contributed by atoms with E-state index in [1.165, 1.54) is 16.9 Å². The largest absolute Gasteiger partial charge is 0.507 e. The monoisotopic (exact) mass is 440 g/mol. The fraction of sp³-hybridized carbons (Fsp3) is 0.143.